The van der Waals surface area contributed by atoms with E-state index in [-0.39, 0.29) is 11.4 Å². The number of fused-ring (bicyclic) bond motifs is 1. The smallest absolute Gasteiger partial charge is 0.255 e. The highest BCUT2D eigenvalue weighted by Crippen LogP contribution is 2.26. The number of rotatable bonds is 6. The van der Waals surface area contributed by atoms with E-state index in [4.69, 9.17) is 9.47 Å². The molecule has 0 radical (unpaired) electrons. The second kappa shape index (κ2) is 8.06. The summed E-state index contributed by atoms with van der Waals surface area (Å²) in [6.07, 6.45) is 0. The minimum atomic E-state index is -0.123. The predicted molar refractivity (Wildman–Crippen MR) is 104 cm³/mol. The standard InChI is InChI=1S/C21H28N2O3/c1-4-26-19-14-17-8-6-5-7-16(17)13-18(19)20(24)22-15-21(2,3)23-9-11-25-12-10-23/h5-8,13-14H,4,9-12,15H2,1-3H3,(H,22,24). The average Bonchev–Trinajstić information content (AvgIpc) is 2.66. The summed E-state index contributed by atoms with van der Waals surface area (Å²) < 4.78 is 11.2. The number of amides is 1. The minimum absolute atomic E-state index is 0.0967. The van der Waals surface area contributed by atoms with Gasteiger partial charge in [-0.2, -0.15) is 0 Å². The molecule has 2 aromatic rings. The van der Waals surface area contributed by atoms with E-state index in [1.54, 1.807) is 0 Å². The van der Waals surface area contributed by atoms with Gasteiger partial charge in [0.25, 0.3) is 5.91 Å². The first-order chi connectivity index (χ1) is 12.5. The van der Waals surface area contributed by atoms with E-state index in [1.807, 2.05) is 43.3 Å². The Bertz CT molecular complexity index is 767. The van der Waals surface area contributed by atoms with Crippen molar-refractivity contribution in [1.29, 1.82) is 0 Å². The van der Waals surface area contributed by atoms with Crippen LogP contribution in [0, 0.1) is 0 Å². The summed E-state index contributed by atoms with van der Waals surface area (Å²) >= 11 is 0. The van der Waals surface area contributed by atoms with Crippen LogP contribution < -0.4 is 10.1 Å². The van der Waals surface area contributed by atoms with Crippen LogP contribution in [0.4, 0.5) is 0 Å². The van der Waals surface area contributed by atoms with Gasteiger partial charge in [-0.25, -0.2) is 0 Å². The second-order valence-corrected chi connectivity index (χ2v) is 7.22. The van der Waals surface area contributed by atoms with E-state index < -0.39 is 0 Å². The molecule has 0 bridgehead atoms. The number of carbonyl (C=O) groups excluding carboxylic acids is 1. The summed E-state index contributed by atoms with van der Waals surface area (Å²) in [6.45, 7) is 10.6. The SMILES string of the molecule is CCOc1cc2ccccc2cc1C(=O)NCC(C)(C)N1CCOCC1. The zero-order valence-electron chi connectivity index (χ0n) is 15.9. The van der Waals surface area contributed by atoms with E-state index in [2.05, 4.69) is 24.1 Å². The molecule has 0 unspecified atom stereocenters. The lowest BCUT2D eigenvalue weighted by Gasteiger charge is -2.40. The molecule has 0 spiro atoms. The number of hydrogen-bond acceptors (Lipinski definition) is 4. The fourth-order valence-corrected chi connectivity index (χ4v) is 3.34. The van der Waals surface area contributed by atoms with Crippen molar-refractivity contribution in [3.8, 4) is 5.75 Å². The lowest BCUT2D eigenvalue weighted by Crippen LogP contribution is -2.55. The Hall–Kier alpha value is -2.11. The average molecular weight is 356 g/mol. The number of carbonyl (C=O) groups is 1. The van der Waals surface area contributed by atoms with Crippen LogP contribution >= 0.6 is 0 Å². The minimum Gasteiger partial charge on any atom is -0.493 e. The fraction of sp³-hybridized carbons (Fsp3) is 0.476. The number of hydrogen-bond donors (Lipinski definition) is 1. The zero-order valence-corrected chi connectivity index (χ0v) is 15.9. The number of nitrogens with one attached hydrogen (secondary N) is 1. The zero-order chi connectivity index (χ0) is 18.6. The Morgan fingerprint density at radius 1 is 1.19 bits per heavy atom. The first kappa shape index (κ1) is 18.7. The number of ether oxygens (including phenoxy) is 2. The molecule has 2 aromatic carbocycles. The number of morpholine rings is 1. The number of benzene rings is 2. The highest BCUT2D eigenvalue weighted by atomic mass is 16.5. The molecule has 1 saturated heterocycles. The summed E-state index contributed by atoms with van der Waals surface area (Å²) in [5, 5.41) is 5.20. The third-order valence-electron chi connectivity index (χ3n) is 4.94. The Morgan fingerprint density at radius 3 is 2.50 bits per heavy atom. The summed E-state index contributed by atoms with van der Waals surface area (Å²) in [5.74, 6) is 0.536. The molecule has 1 aliphatic heterocycles. The van der Waals surface area contributed by atoms with Crippen molar-refractivity contribution in [2.75, 3.05) is 39.5 Å². The van der Waals surface area contributed by atoms with Gasteiger partial charge in [0.1, 0.15) is 5.75 Å². The van der Waals surface area contributed by atoms with Crippen molar-refractivity contribution in [2.24, 2.45) is 0 Å². The van der Waals surface area contributed by atoms with Crippen LogP contribution in [0.1, 0.15) is 31.1 Å². The second-order valence-electron chi connectivity index (χ2n) is 7.22. The third kappa shape index (κ3) is 4.17. The van der Waals surface area contributed by atoms with E-state index in [0.29, 0.717) is 24.5 Å². The van der Waals surface area contributed by atoms with E-state index >= 15 is 0 Å². The molecule has 0 saturated carbocycles. The molecule has 26 heavy (non-hydrogen) atoms. The quantitative estimate of drug-likeness (QED) is 0.864. The summed E-state index contributed by atoms with van der Waals surface area (Å²) in [4.78, 5) is 15.2. The summed E-state index contributed by atoms with van der Waals surface area (Å²) in [6, 6.07) is 11.9. The molecule has 0 aliphatic carbocycles. The molecule has 140 valence electrons. The fourth-order valence-electron chi connectivity index (χ4n) is 3.34. The molecule has 0 aromatic heterocycles. The lowest BCUT2D eigenvalue weighted by atomic mass is 10.0. The number of nitrogens with zero attached hydrogens (tertiary/aromatic N) is 1. The Morgan fingerprint density at radius 2 is 1.85 bits per heavy atom. The largest absolute Gasteiger partial charge is 0.493 e. The summed E-state index contributed by atoms with van der Waals surface area (Å²) in [5.41, 5.74) is 0.463. The van der Waals surface area contributed by atoms with Crippen LogP contribution in [-0.4, -0.2) is 55.8 Å². The molecule has 1 heterocycles. The molecule has 1 aliphatic rings. The lowest BCUT2D eigenvalue weighted by molar-refractivity contribution is -0.00923. The van der Waals surface area contributed by atoms with Crippen LogP contribution in [-0.2, 0) is 4.74 Å². The van der Waals surface area contributed by atoms with Crippen LogP contribution in [0.5, 0.6) is 5.75 Å². The van der Waals surface area contributed by atoms with Gasteiger partial charge >= 0.3 is 0 Å². The van der Waals surface area contributed by atoms with Gasteiger partial charge in [-0.3, -0.25) is 9.69 Å². The van der Waals surface area contributed by atoms with Crippen LogP contribution in [0.25, 0.3) is 10.8 Å². The first-order valence-corrected chi connectivity index (χ1v) is 9.28. The van der Waals surface area contributed by atoms with Crippen molar-refractivity contribution in [3.63, 3.8) is 0 Å². The molecule has 5 nitrogen and oxygen atoms in total. The van der Waals surface area contributed by atoms with Crippen molar-refractivity contribution in [1.82, 2.24) is 10.2 Å². The Labute approximate surface area is 155 Å². The summed E-state index contributed by atoms with van der Waals surface area (Å²) in [7, 11) is 0. The van der Waals surface area contributed by atoms with Crippen molar-refractivity contribution >= 4 is 16.7 Å². The first-order valence-electron chi connectivity index (χ1n) is 9.28. The Balaban J connectivity index is 1.77. The highest BCUT2D eigenvalue weighted by Gasteiger charge is 2.29. The molecule has 3 rings (SSSR count). The van der Waals surface area contributed by atoms with Crippen LogP contribution in [0.15, 0.2) is 36.4 Å². The van der Waals surface area contributed by atoms with Gasteiger partial charge in [-0.15, -0.1) is 0 Å². The van der Waals surface area contributed by atoms with Crippen molar-refractivity contribution in [2.45, 2.75) is 26.3 Å². The maximum absolute atomic E-state index is 12.9. The third-order valence-corrected chi connectivity index (χ3v) is 4.94. The molecule has 5 heteroatoms. The van der Waals surface area contributed by atoms with Gasteiger partial charge in [0, 0.05) is 25.2 Å². The highest BCUT2D eigenvalue weighted by molar-refractivity contribution is 6.01. The molecular formula is C21H28N2O3. The van der Waals surface area contributed by atoms with Gasteiger partial charge in [0.15, 0.2) is 0 Å². The van der Waals surface area contributed by atoms with Gasteiger partial charge in [-0.1, -0.05) is 24.3 Å². The van der Waals surface area contributed by atoms with Crippen LogP contribution in [0.2, 0.25) is 0 Å². The van der Waals surface area contributed by atoms with Gasteiger partial charge in [0.2, 0.25) is 0 Å². The van der Waals surface area contributed by atoms with Gasteiger partial charge in [-0.05, 0) is 43.7 Å². The predicted octanol–water partition coefficient (Wildman–Crippen LogP) is 3.08. The Kier molecular flexibility index (Phi) is 5.79. The molecule has 1 fully saturated rings. The van der Waals surface area contributed by atoms with Crippen molar-refractivity contribution < 1.29 is 14.3 Å². The maximum atomic E-state index is 12.9. The topological polar surface area (TPSA) is 50.8 Å². The van der Waals surface area contributed by atoms with Crippen molar-refractivity contribution in [3.05, 3.63) is 42.0 Å². The maximum Gasteiger partial charge on any atom is 0.255 e. The monoisotopic (exact) mass is 356 g/mol. The molecule has 1 N–H and O–H groups in total. The van der Waals surface area contributed by atoms with E-state index in [0.717, 1.165) is 37.1 Å². The molecule has 1 amide bonds. The van der Waals surface area contributed by atoms with Gasteiger partial charge < -0.3 is 14.8 Å². The van der Waals surface area contributed by atoms with Crippen LogP contribution in [0.3, 0.4) is 0 Å². The normalized spacial score (nSPS) is 15.8. The van der Waals surface area contributed by atoms with Gasteiger partial charge in [0.05, 0.1) is 25.4 Å². The molecule has 0 atom stereocenters. The van der Waals surface area contributed by atoms with E-state index in [9.17, 15) is 4.79 Å². The molecular weight excluding hydrogens is 328 g/mol. The van der Waals surface area contributed by atoms with E-state index in [1.165, 1.54) is 0 Å².